The number of ether oxygens (including phenoxy) is 3. The summed E-state index contributed by atoms with van der Waals surface area (Å²) in [4.78, 5) is 23.9. The fourth-order valence-corrected chi connectivity index (χ4v) is 4.41. The second-order valence-electron chi connectivity index (χ2n) is 7.29. The van der Waals surface area contributed by atoms with Gasteiger partial charge in [-0.25, -0.2) is 4.98 Å². The predicted octanol–water partition coefficient (Wildman–Crippen LogP) is 5.02. The molecule has 0 aliphatic rings. The second-order valence-corrected chi connectivity index (χ2v) is 8.27. The lowest BCUT2D eigenvalue weighted by molar-refractivity contribution is -0.120. The van der Waals surface area contributed by atoms with E-state index in [1.54, 1.807) is 36.5 Å². The SMILES string of the molecule is CCOc1ccc(OCC(=O)N(Cc2cccnc2)c2nc3c(OC)ccc(C)c3s2)cc1. The average molecular weight is 464 g/mol. The molecule has 0 bridgehead atoms. The van der Waals surface area contributed by atoms with Crippen LogP contribution < -0.4 is 19.1 Å². The number of carbonyl (C=O) groups excluding carboxylic acids is 1. The smallest absolute Gasteiger partial charge is 0.267 e. The fourth-order valence-electron chi connectivity index (χ4n) is 3.34. The number of aromatic nitrogens is 2. The largest absolute Gasteiger partial charge is 0.494 e. The van der Waals surface area contributed by atoms with E-state index in [2.05, 4.69) is 4.98 Å². The normalized spacial score (nSPS) is 10.8. The van der Waals surface area contributed by atoms with Crippen LogP contribution in [0.3, 0.4) is 0 Å². The molecule has 2 aromatic heterocycles. The minimum absolute atomic E-state index is 0.125. The van der Waals surface area contributed by atoms with Crippen LogP contribution in [-0.4, -0.2) is 36.2 Å². The first-order valence-electron chi connectivity index (χ1n) is 10.6. The Morgan fingerprint density at radius 1 is 1.06 bits per heavy atom. The summed E-state index contributed by atoms with van der Waals surface area (Å²) in [5.74, 6) is 1.82. The van der Waals surface area contributed by atoms with Gasteiger partial charge in [0.1, 0.15) is 22.8 Å². The number of methoxy groups -OCH3 is 1. The highest BCUT2D eigenvalue weighted by Crippen LogP contribution is 2.37. The maximum absolute atomic E-state index is 13.3. The van der Waals surface area contributed by atoms with E-state index in [0.717, 1.165) is 27.1 Å². The van der Waals surface area contributed by atoms with Gasteiger partial charge in [-0.05, 0) is 61.4 Å². The van der Waals surface area contributed by atoms with Crippen LogP contribution >= 0.6 is 11.3 Å². The van der Waals surface area contributed by atoms with Gasteiger partial charge in [-0.15, -0.1) is 0 Å². The summed E-state index contributed by atoms with van der Waals surface area (Å²) >= 11 is 1.46. The first-order valence-corrected chi connectivity index (χ1v) is 11.4. The zero-order valence-corrected chi connectivity index (χ0v) is 19.6. The number of amides is 1. The summed E-state index contributed by atoms with van der Waals surface area (Å²) in [5.41, 5.74) is 2.72. The summed E-state index contributed by atoms with van der Waals surface area (Å²) < 4.78 is 17.7. The summed E-state index contributed by atoms with van der Waals surface area (Å²) in [5, 5.41) is 0.585. The molecule has 4 aromatic rings. The van der Waals surface area contributed by atoms with Crippen molar-refractivity contribution in [2.45, 2.75) is 20.4 Å². The topological polar surface area (TPSA) is 73.8 Å². The molecule has 0 saturated heterocycles. The van der Waals surface area contributed by atoms with E-state index >= 15 is 0 Å². The fraction of sp³-hybridized carbons (Fsp3) is 0.240. The molecular formula is C25H25N3O4S. The third-order valence-corrected chi connectivity index (χ3v) is 6.22. The lowest BCUT2D eigenvalue weighted by Crippen LogP contribution is -2.34. The second kappa shape index (κ2) is 10.3. The van der Waals surface area contributed by atoms with Gasteiger partial charge in [0.25, 0.3) is 5.91 Å². The molecule has 0 saturated carbocycles. The third kappa shape index (κ3) is 5.23. The zero-order valence-electron chi connectivity index (χ0n) is 18.8. The lowest BCUT2D eigenvalue weighted by atomic mass is 10.2. The number of fused-ring (bicyclic) bond motifs is 1. The average Bonchev–Trinajstić information content (AvgIpc) is 3.29. The van der Waals surface area contributed by atoms with Crippen LogP contribution in [-0.2, 0) is 11.3 Å². The molecule has 0 spiro atoms. The Morgan fingerprint density at radius 2 is 1.82 bits per heavy atom. The third-order valence-electron chi connectivity index (χ3n) is 5.00. The van der Waals surface area contributed by atoms with Crippen molar-refractivity contribution in [1.82, 2.24) is 9.97 Å². The van der Waals surface area contributed by atoms with Crippen molar-refractivity contribution in [1.29, 1.82) is 0 Å². The van der Waals surface area contributed by atoms with Crippen molar-refractivity contribution < 1.29 is 19.0 Å². The molecule has 0 radical (unpaired) electrons. The molecule has 0 aliphatic carbocycles. The van der Waals surface area contributed by atoms with Crippen molar-refractivity contribution in [3.8, 4) is 17.2 Å². The van der Waals surface area contributed by atoms with Crippen molar-refractivity contribution in [2.75, 3.05) is 25.2 Å². The van der Waals surface area contributed by atoms with Gasteiger partial charge in [-0.2, -0.15) is 0 Å². The number of aryl methyl sites for hydroxylation is 1. The maximum atomic E-state index is 13.3. The van der Waals surface area contributed by atoms with E-state index < -0.39 is 0 Å². The van der Waals surface area contributed by atoms with Gasteiger partial charge in [0, 0.05) is 12.4 Å². The highest BCUT2D eigenvalue weighted by atomic mass is 32.1. The quantitative estimate of drug-likeness (QED) is 0.347. The Labute approximate surface area is 196 Å². The van der Waals surface area contributed by atoms with Gasteiger partial charge < -0.3 is 14.2 Å². The number of carbonyl (C=O) groups is 1. The molecule has 1 amide bonds. The van der Waals surface area contributed by atoms with E-state index in [4.69, 9.17) is 19.2 Å². The number of nitrogens with zero attached hydrogens (tertiary/aromatic N) is 3. The predicted molar refractivity (Wildman–Crippen MR) is 129 cm³/mol. The molecule has 170 valence electrons. The molecular weight excluding hydrogens is 438 g/mol. The summed E-state index contributed by atoms with van der Waals surface area (Å²) in [7, 11) is 1.62. The van der Waals surface area contributed by atoms with Crippen molar-refractivity contribution in [3.05, 3.63) is 72.1 Å². The highest BCUT2D eigenvalue weighted by molar-refractivity contribution is 7.22. The zero-order chi connectivity index (χ0) is 23.2. The van der Waals surface area contributed by atoms with Crippen LogP contribution in [0.1, 0.15) is 18.1 Å². The van der Waals surface area contributed by atoms with E-state index in [0.29, 0.717) is 29.8 Å². The number of anilines is 1. The monoisotopic (exact) mass is 463 g/mol. The first kappa shape index (κ1) is 22.5. The van der Waals surface area contributed by atoms with Crippen LogP contribution in [0, 0.1) is 6.92 Å². The standard InChI is InChI=1S/C25H25N3O4S/c1-4-31-19-8-10-20(11-9-19)32-16-22(29)28(15-18-6-5-13-26-14-18)25-27-23-21(30-3)12-7-17(2)24(23)33-25/h5-14H,4,15-16H2,1-3H3. The number of hydrogen-bond acceptors (Lipinski definition) is 7. The van der Waals surface area contributed by atoms with Crippen LogP contribution in [0.4, 0.5) is 5.13 Å². The van der Waals surface area contributed by atoms with Gasteiger partial charge in [0.15, 0.2) is 11.7 Å². The van der Waals surface area contributed by atoms with E-state index in [9.17, 15) is 4.79 Å². The molecule has 2 heterocycles. The molecule has 4 rings (SSSR count). The number of benzene rings is 2. The minimum atomic E-state index is -0.205. The molecule has 0 N–H and O–H groups in total. The van der Waals surface area contributed by atoms with Crippen molar-refractivity contribution >= 4 is 32.6 Å². The summed E-state index contributed by atoms with van der Waals surface area (Å²) in [6, 6.07) is 14.9. The Hall–Kier alpha value is -3.65. The number of pyridine rings is 1. The Morgan fingerprint density at radius 3 is 2.48 bits per heavy atom. The molecule has 7 nitrogen and oxygen atoms in total. The van der Waals surface area contributed by atoms with Gasteiger partial charge in [-0.3, -0.25) is 14.7 Å². The van der Waals surface area contributed by atoms with Gasteiger partial charge in [-0.1, -0.05) is 23.5 Å². The lowest BCUT2D eigenvalue weighted by Gasteiger charge is -2.20. The van der Waals surface area contributed by atoms with Crippen LogP contribution in [0.15, 0.2) is 60.9 Å². The Balaban J connectivity index is 1.60. The van der Waals surface area contributed by atoms with E-state index in [1.165, 1.54) is 11.3 Å². The molecule has 0 unspecified atom stereocenters. The molecule has 0 aliphatic heterocycles. The molecule has 33 heavy (non-hydrogen) atoms. The molecule has 8 heteroatoms. The maximum Gasteiger partial charge on any atom is 0.267 e. The number of rotatable bonds is 9. The molecule has 0 fully saturated rings. The minimum Gasteiger partial charge on any atom is -0.494 e. The van der Waals surface area contributed by atoms with E-state index in [1.807, 2.05) is 50.2 Å². The number of thiazole rings is 1. The van der Waals surface area contributed by atoms with Gasteiger partial charge >= 0.3 is 0 Å². The van der Waals surface area contributed by atoms with E-state index in [-0.39, 0.29) is 12.5 Å². The van der Waals surface area contributed by atoms with Crippen molar-refractivity contribution in [3.63, 3.8) is 0 Å². The van der Waals surface area contributed by atoms with Crippen molar-refractivity contribution in [2.24, 2.45) is 0 Å². The number of hydrogen-bond donors (Lipinski definition) is 0. The summed E-state index contributed by atoms with van der Waals surface area (Å²) in [6.07, 6.45) is 3.45. The van der Waals surface area contributed by atoms with Crippen LogP contribution in [0.5, 0.6) is 17.2 Å². The van der Waals surface area contributed by atoms with Crippen LogP contribution in [0.2, 0.25) is 0 Å². The van der Waals surface area contributed by atoms with Gasteiger partial charge in [0.05, 0.1) is 25.0 Å². The molecule has 0 atom stereocenters. The van der Waals surface area contributed by atoms with Gasteiger partial charge in [0.2, 0.25) is 0 Å². The van der Waals surface area contributed by atoms with Crippen LogP contribution in [0.25, 0.3) is 10.2 Å². The summed E-state index contributed by atoms with van der Waals surface area (Å²) in [6.45, 7) is 4.75. The first-order chi connectivity index (χ1) is 16.1. The highest BCUT2D eigenvalue weighted by Gasteiger charge is 2.22. The molecule has 2 aromatic carbocycles. The Kier molecular flexibility index (Phi) is 7.04. The Bertz CT molecular complexity index is 1230.